The topological polar surface area (TPSA) is 40.5 Å². The Morgan fingerprint density at radius 1 is 1.29 bits per heavy atom. The molecule has 0 bridgehead atoms. The highest BCUT2D eigenvalue weighted by atomic mass is 79.9. The molecule has 2 N–H and O–H groups in total. The summed E-state index contributed by atoms with van der Waals surface area (Å²) in [6.07, 6.45) is 0. The summed E-state index contributed by atoms with van der Waals surface area (Å²) < 4.78 is 1.89. The molecule has 1 aromatic carbocycles. The average molecular weight is 271 g/mol. The standard InChI is InChI=1S/C9H8BBrO2S/c1-5-2-6-3-7(10(12)13)8(11)4-9(6)14-5/h2-4,12-13H,1H3. The Balaban J connectivity index is 2.70. The molecule has 0 aliphatic heterocycles. The summed E-state index contributed by atoms with van der Waals surface area (Å²) >= 11 is 5.01. The molecular weight excluding hydrogens is 263 g/mol. The van der Waals surface area contributed by atoms with Crippen molar-refractivity contribution >= 4 is 49.9 Å². The lowest BCUT2D eigenvalue weighted by Gasteiger charge is -2.02. The van der Waals surface area contributed by atoms with E-state index in [0.717, 1.165) is 14.6 Å². The summed E-state index contributed by atoms with van der Waals surface area (Å²) in [6.45, 7) is 2.04. The van der Waals surface area contributed by atoms with Crippen molar-refractivity contribution in [1.82, 2.24) is 0 Å². The Kier molecular flexibility index (Phi) is 2.66. The van der Waals surface area contributed by atoms with Crippen molar-refractivity contribution in [2.75, 3.05) is 0 Å². The lowest BCUT2D eigenvalue weighted by atomic mass is 9.80. The van der Waals surface area contributed by atoms with Crippen LogP contribution in [0.4, 0.5) is 0 Å². The molecule has 0 saturated carbocycles. The molecule has 14 heavy (non-hydrogen) atoms. The van der Waals surface area contributed by atoms with E-state index in [2.05, 4.69) is 15.9 Å². The van der Waals surface area contributed by atoms with Crippen LogP contribution in [0.1, 0.15) is 4.88 Å². The van der Waals surface area contributed by atoms with Crippen molar-refractivity contribution in [3.8, 4) is 0 Å². The van der Waals surface area contributed by atoms with E-state index in [4.69, 9.17) is 10.0 Å². The van der Waals surface area contributed by atoms with E-state index in [1.807, 2.05) is 19.1 Å². The van der Waals surface area contributed by atoms with E-state index in [0.29, 0.717) is 5.46 Å². The molecule has 2 rings (SSSR count). The predicted octanol–water partition coefficient (Wildman–Crippen LogP) is 1.65. The maximum Gasteiger partial charge on any atom is 0.489 e. The normalized spacial score (nSPS) is 10.9. The SMILES string of the molecule is Cc1cc2cc(B(O)O)c(Br)cc2s1. The molecule has 72 valence electrons. The first-order valence-electron chi connectivity index (χ1n) is 4.13. The highest BCUT2D eigenvalue weighted by Crippen LogP contribution is 2.26. The van der Waals surface area contributed by atoms with Gasteiger partial charge < -0.3 is 10.0 Å². The molecule has 2 nitrogen and oxygen atoms in total. The second kappa shape index (κ2) is 3.66. The lowest BCUT2D eigenvalue weighted by Crippen LogP contribution is -2.30. The third-order valence-corrected chi connectivity index (χ3v) is 3.74. The highest BCUT2D eigenvalue weighted by Gasteiger charge is 2.16. The van der Waals surface area contributed by atoms with Crippen molar-refractivity contribution in [2.45, 2.75) is 6.92 Å². The predicted molar refractivity (Wildman–Crippen MR) is 64.1 cm³/mol. The zero-order chi connectivity index (χ0) is 10.3. The van der Waals surface area contributed by atoms with Crippen LogP contribution in [0.3, 0.4) is 0 Å². The van der Waals surface area contributed by atoms with Gasteiger partial charge in [-0.1, -0.05) is 22.0 Å². The van der Waals surface area contributed by atoms with Crippen molar-refractivity contribution in [1.29, 1.82) is 0 Å². The first-order valence-corrected chi connectivity index (χ1v) is 5.74. The van der Waals surface area contributed by atoms with Crippen LogP contribution in [0.2, 0.25) is 0 Å². The fourth-order valence-corrected chi connectivity index (χ4v) is 3.06. The Labute approximate surface area is 94.5 Å². The van der Waals surface area contributed by atoms with Crippen LogP contribution in [-0.4, -0.2) is 17.2 Å². The molecule has 0 amide bonds. The van der Waals surface area contributed by atoms with Crippen LogP contribution < -0.4 is 5.46 Å². The molecule has 0 radical (unpaired) electrons. The summed E-state index contributed by atoms with van der Waals surface area (Å²) in [4.78, 5) is 1.22. The molecule has 0 saturated heterocycles. The summed E-state index contributed by atoms with van der Waals surface area (Å²) in [7, 11) is -1.42. The Bertz CT molecular complexity index is 481. The molecule has 0 aliphatic carbocycles. The first-order chi connectivity index (χ1) is 6.58. The molecule has 0 atom stereocenters. The zero-order valence-corrected chi connectivity index (χ0v) is 9.89. The number of hydrogen-bond acceptors (Lipinski definition) is 3. The molecule has 0 fully saturated rings. The summed E-state index contributed by atoms with van der Waals surface area (Å²) in [5, 5.41) is 19.3. The molecule has 0 unspecified atom stereocenters. The molecule has 0 aliphatic rings. The Hall–Kier alpha value is -0.355. The second-order valence-corrected chi connectivity index (χ2v) is 5.28. The molecular formula is C9H8BBrO2S. The Morgan fingerprint density at radius 3 is 2.64 bits per heavy atom. The minimum Gasteiger partial charge on any atom is -0.423 e. The minimum atomic E-state index is -1.42. The van der Waals surface area contributed by atoms with Gasteiger partial charge in [0, 0.05) is 14.0 Å². The van der Waals surface area contributed by atoms with E-state index >= 15 is 0 Å². The van der Waals surface area contributed by atoms with Gasteiger partial charge in [0.2, 0.25) is 0 Å². The van der Waals surface area contributed by atoms with Crippen LogP contribution in [0.15, 0.2) is 22.7 Å². The molecule has 1 heterocycles. The van der Waals surface area contributed by atoms with E-state index in [1.165, 1.54) is 4.88 Å². The zero-order valence-electron chi connectivity index (χ0n) is 7.49. The van der Waals surface area contributed by atoms with Gasteiger partial charge in [0.15, 0.2) is 0 Å². The number of hydrogen-bond donors (Lipinski definition) is 2. The van der Waals surface area contributed by atoms with Gasteiger partial charge in [-0.05, 0) is 29.9 Å². The highest BCUT2D eigenvalue weighted by molar-refractivity contribution is 9.10. The monoisotopic (exact) mass is 270 g/mol. The summed E-state index contributed by atoms with van der Waals surface area (Å²) in [5.41, 5.74) is 0.510. The largest absolute Gasteiger partial charge is 0.489 e. The number of aryl methyl sites for hydroxylation is 1. The molecule has 2 aromatic rings. The van der Waals surface area contributed by atoms with Gasteiger partial charge in [0.1, 0.15) is 0 Å². The summed E-state index contributed by atoms with van der Waals surface area (Å²) in [6, 6.07) is 5.76. The molecule has 5 heteroatoms. The van der Waals surface area contributed by atoms with Crippen LogP contribution >= 0.6 is 27.3 Å². The van der Waals surface area contributed by atoms with Crippen LogP contribution in [0.25, 0.3) is 10.1 Å². The number of halogens is 1. The van der Waals surface area contributed by atoms with Gasteiger partial charge in [0.05, 0.1) is 0 Å². The smallest absolute Gasteiger partial charge is 0.423 e. The fourth-order valence-electron chi connectivity index (χ4n) is 1.41. The maximum absolute atomic E-state index is 9.10. The first kappa shape index (κ1) is 10.2. The van der Waals surface area contributed by atoms with E-state index in [-0.39, 0.29) is 0 Å². The van der Waals surface area contributed by atoms with E-state index < -0.39 is 7.12 Å². The lowest BCUT2D eigenvalue weighted by molar-refractivity contribution is 0.425. The van der Waals surface area contributed by atoms with Gasteiger partial charge in [-0.15, -0.1) is 11.3 Å². The quantitative estimate of drug-likeness (QED) is 0.774. The number of benzene rings is 1. The number of fused-ring (bicyclic) bond motifs is 1. The van der Waals surface area contributed by atoms with Crippen LogP contribution in [0.5, 0.6) is 0 Å². The van der Waals surface area contributed by atoms with Crippen molar-refractivity contribution in [2.24, 2.45) is 0 Å². The number of rotatable bonds is 1. The average Bonchev–Trinajstić information content (AvgIpc) is 2.42. The van der Waals surface area contributed by atoms with Crippen molar-refractivity contribution < 1.29 is 10.0 Å². The van der Waals surface area contributed by atoms with Crippen LogP contribution in [0, 0.1) is 6.92 Å². The van der Waals surface area contributed by atoms with E-state index in [1.54, 1.807) is 17.4 Å². The fraction of sp³-hybridized carbons (Fsp3) is 0.111. The second-order valence-electron chi connectivity index (χ2n) is 3.14. The number of thiophene rings is 1. The van der Waals surface area contributed by atoms with Gasteiger partial charge in [-0.25, -0.2) is 0 Å². The van der Waals surface area contributed by atoms with E-state index in [9.17, 15) is 0 Å². The van der Waals surface area contributed by atoms with Crippen LogP contribution in [-0.2, 0) is 0 Å². The summed E-state index contributed by atoms with van der Waals surface area (Å²) in [5.74, 6) is 0. The molecule has 1 aromatic heterocycles. The van der Waals surface area contributed by atoms with Gasteiger partial charge in [-0.3, -0.25) is 0 Å². The Morgan fingerprint density at radius 2 is 2.00 bits per heavy atom. The van der Waals surface area contributed by atoms with Gasteiger partial charge in [-0.2, -0.15) is 0 Å². The maximum atomic E-state index is 9.10. The van der Waals surface area contributed by atoms with Gasteiger partial charge >= 0.3 is 7.12 Å². The van der Waals surface area contributed by atoms with Crippen molar-refractivity contribution in [3.63, 3.8) is 0 Å². The third kappa shape index (κ3) is 1.73. The van der Waals surface area contributed by atoms with Crippen molar-refractivity contribution in [3.05, 3.63) is 27.5 Å². The molecule has 0 spiro atoms. The third-order valence-electron chi connectivity index (χ3n) is 2.04. The minimum absolute atomic E-state index is 0.510. The van der Waals surface area contributed by atoms with Gasteiger partial charge in [0.25, 0.3) is 0 Å².